The summed E-state index contributed by atoms with van der Waals surface area (Å²) < 4.78 is 5.79. The van der Waals surface area contributed by atoms with Crippen molar-refractivity contribution in [2.75, 3.05) is 50.5 Å². The standard InChI is InChI=1S/C15H23N3O3/c1-3-18-6-7-21-12(10-18)9-17(2)14-5-4-11(15(19)20)8-13(14)16/h4-5,8,12H,3,6-7,9-10,16H2,1-2H3,(H,19,20). The predicted octanol–water partition coefficient (Wildman–Crippen LogP) is 1.12. The van der Waals surface area contributed by atoms with Gasteiger partial charge in [-0.25, -0.2) is 4.79 Å². The lowest BCUT2D eigenvalue weighted by atomic mass is 10.1. The summed E-state index contributed by atoms with van der Waals surface area (Å²) in [5.74, 6) is -0.967. The van der Waals surface area contributed by atoms with E-state index < -0.39 is 5.97 Å². The topological polar surface area (TPSA) is 79.0 Å². The minimum Gasteiger partial charge on any atom is -0.478 e. The van der Waals surface area contributed by atoms with Crippen LogP contribution in [0, 0.1) is 0 Å². The van der Waals surface area contributed by atoms with Gasteiger partial charge < -0.3 is 20.5 Å². The van der Waals surface area contributed by atoms with E-state index >= 15 is 0 Å². The molecule has 0 bridgehead atoms. The van der Waals surface area contributed by atoms with E-state index in [2.05, 4.69) is 11.8 Å². The van der Waals surface area contributed by atoms with E-state index in [9.17, 15) is 4.79 Å². The first kappa shape index (κ1) is 15.6. The van der Waals surface area contributed by atoms with Gasteiger partial charge in [0.1, 0.15) is 0 Å². The Balaban J connectivity index is 2.03. The van der Waals surface area contributed by atoms with Crippen molar-refractivity contribution in [2.45, 2.75) is 13.0 Å². The van der Waals surface area contributed by atoms with Gasteiger partial charge in [-0.3, -0.25) is 4.90 Å². The molecule has 1 aliphatic heterocycles. The number of likely N-dealkylation sites (N-methyl/N-ethyl adjacent to an activating group) is 2. The van der Waals surface area contributed by atoms with Gasteiger partial charge in [0.2, 0.25) is 0 Å². The highest BCUT2D eigenvalue weighted by Crippen LogP contribution is 2.24. The van der Waals surface area contributed by atoms with Crippen LogP contribution >= 0.6 is 0 Å². The summed E-state index contributed by atoms with van der Waals surface area (Å²) in [6.07, 6.45) is 0.141. The Hall–Kier alpha value is -1.79. The van der Waals surface area contributed by atoms with E-state index in [1.165, 1.54) is 6.07 Å². The number of morpholine rings is 1. The Kier molecular flexibility index (Phi) is 5.03. The lowest BCUT2D eigenvalue weighted by Crippen LogP contribution is -2.46. The number of carbonyl (C=O) groups is 1. The molecule has 0 saturated carbocycles. The molecule has 1 unspecified atom stereocenters. The smallest absolute Gasteiger partial charge is 0.335 e. The molecule has 0 amide bonds. The van der Waals surface area contributed by atoms with E-state index in [1.807, 2.05) is 11.9 Å². The Morgan fingerprint density at radius 3 is 2.95 bits per heavy atom. The molecule has 1 aromatic rings. The quantitative estimate of drug-likeness (QED) is 0.792. The molecule has 0 spiro atoms. The highest BCUT2D eigenvalue weighted by atomic mass is 16.5. The summed E-state index contributed by atoms with van der Waals surface area (Å²) in [5, 5.41) is 8.96. The molecule has 1 saturated heterocycles. The normalized spacial score (nSPS) is 19.4. The van der Waals surface area contributed by atoms with Gasteiger partial charge in [-0.05, 0) is 24.7 Å². The zero-order valence-electron chi connectivity index (χ0n) is 12.6. The minimum absolute atomic E-state index is 0.141. The van der Waals surface area contributed by atoms with Crippen molar-refractivity contribution in [3.63, 3.8) is 0 Å². The van der Waals surface area contributed by atoms with Crippen molar-refractivity contribution >= 4 is 17.3 Å². The molecule has 1 heterocycles. The van der Waals surface area contributed by atoms with Crippen LogP contribution in [0.4, 0.5) is 11.4 Å². The van der Waals surface area contributed by atoms with E-state index in [0.29, 0.717) is 5.69 Å². The van der Waals surface area contributed by atoms with Crippen LogP contribution < -0.4 is 10.6 Å². The lowest BCUT2D eigenvalue weighted by Gasteiger charge is -2.35. The molecule has 116 valence electrons. The van der Waals surface area contributed by atoms with Gasteiger partial charge in [-0.1, -0.05) is 6.92 Å². The summed E-state index contributed by atoms with van der Waals surface area (Å²) in [5.41, 5.74) is 7.47. The monoisotopic (exact) mass is 293 g/mol. The molecule has 1 aromatic carbocycles. The number of hydrogen-bond donors (Lipinski definition) is 2. The van der Waals surface area contributed by atoms with Crippen LogP contribution in [-0.4, -0.2) is 61.9 Å². The number of anilines is 2. The third-order valence-corrected chi connectivity index (χ3v) is 3.83. The minimum atomic E-state index is -0.967. The van der Waals surface area contributed by atoms with E-state index in [-0.39, 0.29) is 11.7 Å². The van der Waals surface area contributed by atoms with Crippen molar-refractivity contribution in [1.29, 1.82) is 0 Å². The second kappa shape index (κ2) is 6.78. The number of nitrogens with two attached hydrogens (primary N) is 1. The largest absolute Gasteiger partial charge is 0.478 e. The second-order valence-corrected chi connectivity index (χ2v) is 5.35. The number of rotatable bonds is 5. The van der Waals surface area contributed by atoms with Gasteiger partial charge in [0.05, 0.1) is 29.6 Å². The van der Waals surface area contributed by atoms with Crippen LogP contribution in [0.25, 0.3) is 0 Å². The molecule has 0 radical (unpaired) electrons. The Labute approximate surface area is 125 Å². The molecule has 0 aliphatic carbocycles. The fourth-order valence-corrected chi connectivity index (χ4v) is 2.62. The van der Waals surface area contributed by atoms with Gasteiger partial charge in [0.15, 0.2) is 0 Å². The van der Waals surface area contributed by atoms with Crippen molar-refractivity contribution in [2.24, 2.45) is 0 Å². The van der Waals surface area contributed by atoms with Crippen LogP contribution in [-0.2, 0) is 4.74 Å². The number of nitrogen functional groups attached to an aromatic ring is 1. The number of carboxylic acid groups (broad SMARTS) is 1. The number of carboxylic acids is 1. The van der Waals surface area contributed by atoms with Gasteiger partial charge in [0, 0.05) is 26.7 Å². The third kappa shape index (κ3) is 3.86. The molecule has 1 atom stereocenters. The fourth-order valence-electron chi connectivity index (χ4n) is 2.62. The summed E-state index contributed by atoms with van der Waals surface area (Å²) in [7, 11) is 1.94. The van der Waals surface area contributed by atoms with Crippen molar-refractivity contribution in [3.8, 4) is 0 Å². The first-order valence-electron chi connectivity index (χ1n) is 7.19. The second-order valence-electron chi connectivity index (χ2n) is 5.35. The lowest BCUT2D eigenvalue weighted by molar-refractivity contribution is -0.0216. The molecule has 21 heavy (non-hydrogen) atoms. The Morgan fingerprint density at radius 1 is 1.57 bits per heavy atom. The van der Waals surface area contributed by atoms with Gasteiger partial charge >= 0.3 is 5.97 Å². The van der Waals surface area contributed by atoms with Gasteiger partial charge in [0.25, 0.3) is 0 Å². The van der Waals surface area contributed by atoms with Crippen molar-refractivity contribution < 1.29 is 14.6 Å². The SMILES string of the molecule is CCN1CCOC(CN(C)c2ccc(C(=O)O)cc2N)C1. The van der Waals surface area contributed by atoms with Crippen LogP contribution in [0.15, 0.2) is 18.2 Å². The predicted molar refractivity (Wildman–Crippen MR) is 82.9 cm³/mol. The zero-order valence-corrected chi connectivity index (χ0v) is 12.6. The van der Waals surface area contributed by atoms with Gasteiger partial charge in [-0.15, -0.1) is 0 Å². The summed E-state index contributed by atoms with van der Waals surface area (Å²) in [6.45, 7) is 6.54. The highest BCUT2D eigenvalue weighted by molar-refractivity contribution is 5.90. The average Bonchev–Trinajstić information content (AvgIpc) is 2.47. The molecule has 1 aliphatic rings. The van der Waals surface area contributed by atoms with Crippen LogP contribution in [0.3, 0.4) is 0 Å². The summed E-state index contributed by atoms with van der Waals surface area (Å²) >= 11 is 0. The van der Waals surface area contributed by atoms with Crippen molar-refractivity contribution in [3.05, 3.63) is 23.8 Å². The van der Waals surface area contributed by atoms with E-state index in [1.54, 1.807) is 12.1 Å². The molecule has 2 rings (SSSR count). The van der Waals surface area contributed by atoms with Crippen LogP contribution in [0.1, 0.15) is 17.3 Å². The summed E-state index contributed by atoms with van der Waals surface area (Å²) in [4.78, 5) is 15.3. The zero-order chi connectivity index (χ0) is 15.4. The number of ether oxygens (including phenoxy) is 1. The molecular formula is C15H23N3O3. The molecule has 6 heteroatoms. The maximum atomic E-state index is 10.9. The average molecular weight is 293 g/mol. The summed E-state index contributed by atoms with van der Waals surface area (Å²) in [6, 6.07) is 4.82. The molecular weight excluding hydrogens is 270 g/mol. The molecule has 6 nitrogen and oxygen atoms in total. The highest BCUT2D eigenvalue weighted by Gasteiger charge is 2.21. The maximum Gasteiger partial charge on any atom is 0.335 e. The first-order valence-corrected chi connectivity index (χ1v) is 7.19. The van der Waals surface area contributed by atoms with Gasteiger partial charge in [-0.2, -0.15) is 0 Å². The third-order valence-electron chi connectivity index (χ3n) is 3.83. The molecule has 3 N–H and O–H groups in total. The first-order chi connectivity index (χ1) is 10.0. The van der Waals surface area contributed by atoms with Crippen molar-refractivity contribution in [1.82, 2.24) is 4.90 Å². The maximum absolute atomic E-state index is 10.9. The Bertz CT molecular complexity index is 507. The van der Waals surface area contributed by atoms with Crippen LogP contribution in [0.2, 0.25) is 0 Å². The van der Waals surface area contributed by atoms with E-state index in [4.69, 9.17) is 15.6 Å². The number of nitrogens with zero attached hydrogens (tertiary/aromatic N) is 2. The number of aromatic carboxylic acids is 1. The van der Waals surface area contributed by atoms with Crippen LogP contribution in [0.5, 0.6) is 0 Å². The van der Waals surface area contributed by atoms with E-state index in [0.717, 1.165) is 38.5 Å². The number of benzene rings is 1. The molecule has 0 aromatic heterocycles. The molecule has 1 fully saturated rings. The number of hydrogen-bond acceptors (Lipinski definition) is 5. The fraction of sp³-hybridized carbons (Fsp3) is 0.533. The Morgan fingerprint density at radius 2 is 2.33 bits per heavy atom.